The molecule has 0 heterocycles. The van der Waals surface area contributed by atoms with Crippen LogP contribution in [0.15, 0.2) is 30.4 Å². The summed E-state index contributed by atoms with van der Waals surface area (Å²) in [5, 5.41) is 8.65. The van der Waals surface area contributed by atoms with E-state index in [4.69, 9.17) is 5.11 Å². The van der Waals surface area contributed by atoms with Crippen LogP contribution in [0, 0.1) is 25.7 Å². The Morgan fingerprint density at radius 1 is 1.11 bits per heavy atom. The van der Waals surface area contributed by atoms with Crippen molar-refractivity contribution in [3.8, 4) is 0 Å². The molecule has 1 saturated carbocycles. The number of hydrogen-bond donors (Lipinski definition) is 1. The van der Waals surface area contributed by atoms with E-state index >= 15 is 0 Å². The van der Waals surface area contributed by atoms with Gasteiger partial charge in [-0.1, -0.05) is 37.5 Å². The zero-order valence-electron chi connectivity index (χ0n) is 16.4. The van der Waals surface area contributed by atoms with Crippen LogP contribution in [0.3, 0.4) is 0 Å². The summed E-state index contributed by atoms with van der Waals surface area (Å²) in [6.45, 7) is 4.02. The molecule has 1 aromatic carbocycles. The number of ketones is 2. The molecule has 2 unspecified atom stereocenters. The number of carbonyl (C=O) groups excluding carboxylic acids is 2. The minimum absolute atomic E-state index is 0.00766. The van der Waals surface area contributed by atoms with Crippen molar-refractivity contribution in [2.45, 2.75) is 65.2 Å². The Bertz CT molecular complexity index is 717. The topological polar surface area (TPSA) is 71.4 Å². The lowest BCUT2D eigenvalue weighted by Gasteiger charge is -2.14. The highest BCUT2D eigenvalue weighted by Crippen LogP contribution is 2.34. The Balaban J connectivity index is 1.85. The molecule has 0 aromatic heterocycles. The van der Waals surface area contributed by atoms with Gasteiger partial charge in [-0.3, -0.25) is 14.4 Å². The van der Waals surface area contributed by atoms with E-state index in [1.54, 1.807) is 6.08 Å². The molecule has 1 fully saturated rings. The summed E-state index contributed by atoms with van der Waals surface area (Å²) in [5.41, 5.74) is 2.96. The molecular formula is C23H30O4. The predicted octanol–water partition coefficient (Wildman–Crippen LogP) is 5.06. The Labute approximate surface area is 161 Å². The van der Waals surface area contributed by atoms with Gasteiger partial charge in [-0.25, -0.2) is 0 Å². The van der Waals surface area contributed by atoms with Crippen molar-refractivity contribution < 1.29 is 19.5 Å². The molecule has 0 spiro atoms. The molecular weight excluding hydrogens is 340 g/mol. The first-order chi connectivity index (χ1) is 12.9. The van der Waals surface area contributed by atoms with E-state index in [9.17, 15) is 14.4 Å². The first-order valence-corrected chi connectivity index (χ1v) is 9.92. The molecule has 0 saturated heterocycles. The zero-order chi connectivity index (χ0) is 19.8. The van der Waals surface area contributed by atoms with E-state index in [0.717, 1.165) is 37.7 Å². The fourth-order valence-corrected chi connectivity index (χ4v) is 3.74. The molecule has 0 aliphatic heterocycles. The van der Waals surface area contributed by atoms with Crippen LogP contribution in [-0.4, -0.2) is 22.6 Å². The summed E-state index contributed by atoms with van der Waals surface area (Å²) in [6, 6.07) is 5.72. The Hall–Kier alpha value is -2.23. The first-order valence-electron chi connectivity index (χ1n) is 9.92. The van der Waals surface area contributed by atoms with E-state index < -0.39 is 5.97 Å². The average molecular weight is 370 g/mol. The predicted molar refractivity (Wildman–Crippen MR) is 106 cm³/mol. The molecule has 4 heteroatoms. The molecule has 0 bridgehead atoms. The monoisotopic (exact) mass is 370 g/mol. The molecule has 0 radical (unpaired) electrons. The van der Waals surface area contributed by atoms with Crippen LogP contribution < -0.4 is 0 Å². The number of unbranched alkanes of at least 4 members (excludes halogenated alkanes) is 3. The number of allylic oxidation sites excluding steroid dienone is 2. The molecule has 1 aromatic rings. The van der Waals surface area contributed by atoms with Crippen molar-refractivity contribution in [2.24, 2.45) is 11.8 Å². The summed E-state index contributed by atoms with van der Waals surface area (Å²) < 4.78 is 0. The molecule has 1 aliphatic carbocycles. The van der Waals surface area contributed by atoms with Crippen LogP contribution in [0.1, 0.15) is 72.9 Å². The van der Waals surface area contributed by atoms with Gasteiger partial charge in [0.25, 0.3) is 0 Å². The molecule has 2 atom stereocenters. The van der Waals surface area contributed by atoms with E-state index in [-0.39, 0.29) is 24.0 Å². The molecule has 27 heavy (non-hydrogen) atoms. The van der Waals surface area contributed by atoms with Gasteiger partial charge < -0.3 is 5.11 Å². The van der Waals surface area contributed by atoms with Crippen LogP contribution in [-0.2, 0) is 9.59 Å². The number of carboxylic acids is 1. The third kappa shape index (κ3) is 6.46. The van der Waals surface area contributed by atoms with Gasteiger partial charge in [-0.15, -0.1) is 0 Å². The lowest BCUT2D eigenvalue weighted by Crippen LogP contribution is -2.13. The quantitative estimate of drug-likeness (QED) is 0.355. The smallest absolute Gasteiger partial charge is 0.303 e. The molecule has 1 aliphatic rings. The van der Waals surface area contributed by atoms with Gasteiger partial charge in [0.15, 0.2) is 5.78 Å². The SMILES string of the molecule is Cc1ccc(C(=O)/C=C/C2CCC(=O)C2CCCCCCC(=O)O)cc1C. The maximum Gasteiger partial charge on any atom is 0.303 e. The second kappa shape index (κ2) is 10.2. The third-order valence-electron chi connectivity index (χ3n) is 5.60. The number of rotatable bonds is 10. The number of aliphatic carboxylic acids is 1. The Kier molecular flexibility index (Phi) is 7.96. The fraction of sp³-hybridized carbons (Fsp3) is 0.522. The Morgan fingerprint density at radius 3 is 2.56 bits per heavy atom. The van der Waals surface area contributed by atoms with Crippen LogP contribution in [0.4, 0.5) is 0 Å². The number of hydrogen-bond acceptors (Lipinski definition) is 3. The van der Waals surface area contributed by atoms with Crippen molar-refractivity contribution in [1.82, 2.24) is 0 Å². The Morgan fingerprint density at radius 2 is 1.85 bits per heavy atom. The van der Waals surface area contributed by atoms with Crippen LogP contribution in [0.2, 0.25) is 0 Å². The van der Waals surface area contributed by atoms with Crippen molar-refractivity contribution >= 4 is 17.5 Å². The molecule has 4 nitrogen and oxygen atoms in total. The summed E-state index contributed by atoms with van der Waals surface area (Å²) in [4.78, 5) is 35.1. The number of aryl methyl sites for hydroxylation is 2. The molecule has 146 valence electrons. The van der Waals surface area contributed by atoms with E-state index in [0.29, 0.717) is 24.2 Å². The van der Waals surface area contributed by atoms with E-state index in [2.05, 4.69) is 0 Å². The lowest BCUT2D eigenvalue weighted by atomic mass is 9.89. The summed E-state index contributed by atoms with van der Waals surface area (Å²) in [5.74, 6) is -0.307. The van der Waals surface area contributed by atoms with Gasteiger partial charge in [0.1, 0.15) is 5.78 Å². The van der Waals surface area contributed by atoms with Crippen molar-refractivity contribution in [2.75, 3.05) is 0 Å². The number of carboxylic acid groups (broad SMARTS) is 1. The number of carbonyl (C=O) groups is 3. The largest absolute Gasteiger partial charge is 0.481 e. The van der Waals surface area contributed by atoms with Crippen LogP contribution >= 0.6 is 0 Å². The minimum atomic E-state index is -0.750. The van der Waals surface area contributed by atoms with Crippen LogP contribution in [0.5, 0.6) is 0 Å². The molecule has 2 rings (SSSR count). The highest BCUT2D eigenvalue weighted by molar-refractivity contribution is 6.04. The number of Topliss-reactive ketones (excluding diaryl/α,β-unsaturated/α-hetero) is 1. The maximum atomic E-state index is 12.4. The van der Waals surface area contributed by atoms with Crippen molar-refractivity contribution in [1.29, 1.82) is 0 Å². The highest BCUT2D eigenvalue weighted by atomic mass is 16.4. The second-order valence-electron chi connectivity index (χ2n) is 7.64. The van der Waals surface area contributed by atoms with Crippen molar-refractivity contribution in [3.05, 3.63) is 47.0 Å². The normalized spacial score (nSPS) is 19.7. The minimum Gasteiger partial charge on any atom is -0.481 e. The van der Waals surface area contributed by atoms with E-state index in [1.165, 1.54) is 5.56 Å². The van der Waals surface area contributed by atoms with Gasteiger partial charge in [0.2, 0.25) is 0 Å². The molecule has 0 amide bonds. The van der Waals surface area contributed by atoms with Gasteiger partial charge in [-0.2, -0.15) is 0 Å². The summed E-state index contributed by atoms with van der Waals surface area (Å²) in [6.07, 6.45) is 9.49. The van der Waals surface area contributed by atoms with E-state index in [1.807, 2.05) is 38.1 Å². The van der Waals surface area contributed by atoms with Gasteiger partial charge in [0.05, 0.1) is 0 Å². The number of benzene rings is 1. The van der Waals surface area contributed by atoms with Gasteiger partial charge in [-0.05, 0) is 62.3 Å². The van der Waals surface area contributed by atoms with Gasteiger partial charge >= 0.3 is 5.97 Å². The van der Waals surface area contributed by atoms with Crippen LogP contribution in [0.25, 0.3) is 0 Å². The maximum absolute atomic E-state index is 12.4. The zero-order valence-corrected chi connectivity index (χ0v) is 16.4. The summed E-state index contributed by atoms with van der Waals surface area (Å²) in [7, 11) is 0. The van der Waals surface area contributed by atoms with Crippen molar-refractivity contribution in [3.63, 3.8) is 0 Å². The second-order valence-corrected chi connectivity index (χ2v) is 7.64. The highest BCUT2D eigenvalue weighted by Gasteiger charge is 2.32. The standard InChI is InChI=1S/C23H30O4/c1-16-9-10-19(15-17(16)2)21(24)13-11-18-12-14-22(25)20(18)7-5-3-4-6-8-23(26)27/h9-11,13,15,18,20H,3-8,12,14H2,1-2H3,(H,26,27)/b13-11+. The lowest BCUT2D eigenvalue weighted by molar-refractivity contribution is -0.137. The molecule has 1 N–H and O–H groups in total. The third-order valence-corrected chi connectivity index (χ3v) is 5.60. The fourth-order valence-electron chi connectivity index (χ4n) is 3.74. The average Bonchev–Trinajstić information content (AvgIpc) is 2.98. The summed E-state index contributed by atoms with van der Waals surface area (Å²) >= 11 is 0. The first kappa shape index (κ1) is 21.1. The van der Waals surface area contributed by atoms with Gasteiger partial charge in [0, 0.05) is 24.3 Å².